The quantitative estimate of drug-likeness (QED) is 0.848. The molecule has 1 atom stereocenters. The van der Waals surface area contributed by atoms with E-state index < -0.39 is 0 Å². The van der Waals surface area contributed by atoms with Gasteiger partial charge in [-0.2, -0.15) is 0 Å². The van der Waals surface area contributed by atoms with E-state index in [0.717, 1.165) is 41.9 Å². The molecule has 0 aliphatic carbocycles. The van der Waals surface area contributed by atoms with E-state index >= 15 is 0 Å². The van der Waals surface area contributed by atoms with E-state index in [9.17, 15) is 0 Å². The predicted octanol–water partition coefficient (Wildman–Crippen LogP) is 3.13. The van der Waals surface area contributed by atoms with Crippen LogP contribution in [0.3, 0.4) is 0 Å². The monoisotopic (exact) mass is 284 g/mol. The van der Waals surface area contributed by atoms with Crippen molar-refractivity contribution >= 4 is 21.6 Å². The molecule has 0 aromatic carbocycles. The summed E-state index contributed by atoms with van der Waals surface area (Å²) in [6, 6.07) is 2.65. The summed E-state index contributed by atoms with van der Waals surface area (Å²) in [6.45, 7) is 3.81. The first-order chi connectivity index (χ1) is 7.75. The van der Waals surface area contributed by atoms with Crippen molar-refractivity contribution in [3.05, 3.63) is 22.4 Å². The van der Waals surface area contributed by atoms with Gasteiger partial charge in [0.15, 0.2) is 0 Å². The highest BCUT2D eigenvalue weighted by molar-refractivity contribution is 9.10. The lowest BCUT2D eigenvalue weighted by Gasteiger charge is -2.17. The van der Waals surface area contributed by atoms with Crippen molar-refractivity contribution in [1.29, 1.82) is 0 Å². The first-order valence-corrected chi connectivity index (χ1v) is 6.51. The molecule has 1 aliphatic heterocycles. The lowest BCUT2D eigenvalue weighted by Crippen LogP contribution is -2.19. The highest BCUT2D eigenvalue weighted by Gasteiger charge is 2.12. The molecule has 0 bridgehead atoms. The van der Waals surface area contributed by atoms with Crippen LogP contribution in [0.4, 0.5) is 5.69 Å². The smallest absolute Gasteiger partial charge is 0.109 e. The maximum atomic E-state index is 5.44. The third-order valence-electron chi connectivity index (χ3n) is 2.84. The van der Waals surface area contributed by atoms with E-state index in [1.54, 1.807) is 0 Å². The van der Waals surface area contributed by atoms with Crippen molar-refractivity contribution in [1.82, 2.24) is 4.98 Å². The number of ether oxygens (including phenoxy) is 1. The van der Waals surface area contributed by atoms with Crippen LogP contribution in [-0.2, 0) is 4.74 Å². The minimum absolute atomic E-state index is 0.518. The zero-order chi connectivity index (χ0) is 11.4. The van der Waals surface area contributed by atoms with Crippen LogP contribution in [0.5, 0.6) is 0 Å². The molecule has 1 N–H and O–H groups in total. The summed E-state index contributed by atoms with van der Waals surface area (Å²) in [5.74, 6) is 0. The Balaban J connectivity index is 1.99. The van der Waals surface area contributed by atoms with Gasteiger partial charge in [0.1, 0.15) is 4.60 Å². The van der Waals surface area contributed by atoms with Crippen molar-refractivity contribution in [3.8, 4) is 0 Å². The first kappa shape index (κ1) is 11.9. The summed E-state index contributed by atoms with van der Waals surface area (Å²) >= 11 is 3.41. The van der Waals surface area contributed by atoms with Crippen molar-refractivity contribution in [2.24, 2.45) is 0 Å². The van der Waals surface area contributed by atoms with Crippen LogP contribution < -0.4 is 5.32 Å². The van der Waals surface area contributed by atoms with Gasteiger partial charge in [0, 0.05) is 19.3 Å². The van der Waals surface area contributed by atoms with Gasteiger partial charge in [-0.15, -0.1) is 0 Å². The van der Waals surface area contributed by atoms with E-state index in [0.29, 0.717) is 6.04 Å². The molecule has 88 valence electrons. The van der Waals surface area contributed by atoms with Gasteiger partial charge >= 0.3 is 0 Å². The number of pyridine rings is 1. The SMILES string of the molecule is Cc1cc(NC2CCCOCC2)cnc1Br. The Morgan fingerprint density at radius 3 is 3.12 bits per heavy atom. The Hall–Kier alpha value is -0.610. The van der Waals surface area contributed by atoms with Crippen molar-refractivity contribution in [3.63, 3.8) is 0 Å². The molecule has 1 saturated heterocycles. The number of rotatable bonds is 2. The predicted molar refractivity (Wildman–Crippen MR) is 68.8 cm³/mol. The Labute approximate surface area is 105 Å². The van der Waals surface area contributed by atoms with E-state index in [1.807, 2.05) is 6.20 Å². The summed E-state index contributed by atoms with van der Waals surface area (Å²) in [5.41, 5.74) is 2.27. The summed E-state index contributed by atoms with van der Waals surface area (Å²) in [6.07, 6.45) is 5.27. The van der Waals surface area contributed by atoms with Crippen molar-refractivity contribution < 1.29 is 4.74 Å². The second-order valence-corrected chi connectivity index (χ2v) is 4.97. The largest absolute Gasteiger partial charge is 0.381 e. The molecule has 1 unspecified atom stereocenters. The third-order valence-corrected chi connectivity index (χ3v) is 3.67. The lowest BCUT2D eigenvalue weighted by atomic mass is 10.1. The number of anilines is 1. The van der Waals surface area contributed by atoms with E-state index in [4.69, 9.17) is 4.74 Å². The van der Waals surface area contributed by atoms with Gasteiger partial charge in [0.05, 0.1) is 11.9 Å². The molecule has 1 aromatic heterocycles. The van der Waals surface area contributed by atoms with Crippen molar-refractivity contribution in [2.45, 2.75) is 32.2 Å². The van der Waals surface area contributed by atoms with Gasteiger partial charge in [-0.25, -0.2) is 4.98 Å². The van der Waals surface area contributed by atoms with Crippen LogP contribution in [0.25, 0.3) is 0 Å². The van der Waals surface area contributed by atoms with Gasteiger partial charge in [-0.3, -0.25) is 0 Å². The normalized spacial score (nSPS) is 21.5. The molecular weight excluding hydrogens is 268 g/mol. The summed E-state index contributed by atoms with van der Waals surface area (Å²) in [4.78, 5) is 4.29. The van der Waals surface area contributed by atoms with Crippen LogP contribution in [0.2, 0.25) is 0 Å². The second-order valence-electron chi connectivity index (χ2n) is 4.22. The van der Waals surface area contributed by atoms with Gasteiger partial charge < -0.3 is 10.1 Å². The topological polar surface area (TPSA) is 34.1 Å². The van der Waals surface area contributed by atoms with Gasteiger partial charge in [0.25, 0.3) is 0 Å². The average molecular weight is 285 g/mol. The summed E-state index contributed by atoms with van der Waals surface area (Å²) in [7, 11) is 0. The Morgan fingerprint density at radius 1 is 1.44 bits per heavy atom. The minimum Gasteiger partial charge on any atom is -0.381 e. The zero-order valence-corrected chi connectivity index (χ0v) is 11.1. The molecule has 1 aliphatic rings. The molecule has 1 fully saturated rings. The maximum Gasteiger partial charge on any atom is 0.109 e. The van der Waals surface area contributed by atoms with E-state index in [2.05, 4.69) is 39.2 Å². The van der Waals surface area contributed by atoms with Gasteiger partial charge in [-0.05, 0) is 53.7 Å². The van der Waals surface area contributed by atoms with Gasteiger partial charge in [-0.1, -0.05) is 0 Å². The number of hydrogen-bond acceptors (Lipinski definition) is 3. The highest BCUT2D eigenvalue weighted by Crippen LogP contribution is 2.19. The number of nitrogens with zero attached hydrogens (tertiary/aromatic N) is 1. The standard InChI is InChI=1S/C12H17BrN2O/c1-9-7-11(8-14-12(9)13)15-10-3-2-5-16-6-4-10/h7-8,10,15H,2-6H2,1H3. The van der Waals surface area contributed by atoms with Gasteiger partial charge in [0.2, 0.25) is 0 Å². The molecule has 3 nitrogen and oxygen atoms in total. The van der Waals surface area contributed by atoms with E-state index in [1.165, 1.54) is 6.42 Å². The number of nitrogens with one attached hydrogen (secondary N) is 1. The van der Waals surface area contributed by atoms with Crippen LogP contribution in [0, 0.1) is 6.92 Å². The fraction of sp³-hybridized carbons (Fsp3) is 0.583. The molecule has 0 spiro atoms. The lowest BCUT2D eigenvalue weighted by molar-refractivity contribution is 0.144. The number of aryl methyl sites for hydroxylation is 1. The Kier molecular flexibility index (Phi) is 4.18. The fourth-order valence-corrected chi connectivity index (χ4v) is 2.14. The minimum atomic E-state index is 0.518. The molecule has 0 amide bonds. The molecular formula is C12H17BrN2O. The van der Waals surface area contributed by atoms with Crippen LogP contribution in [0.15, 0.2) is 16.9 Å². The first-order valence-electron chi connectivity index (χ1n) is 5.72. The summed E-state index contributed by atoms with van der Waals surface area (Å²) < 4.78 is 6.36. The third kappa shape index (κ3) is 3.19. The molecule has 16 heavy (non-hydrogen) atoms. The second kappa shape index (κ2) is 5.64. The number of aromatic nitrogens is 1. The van der Waals surface area contributed by atoms with Crippen LogP contribution in [-0.4, -0.2) is 24.2 Å². The fourth-order valence-electron chi connectivity index (χ4n) is 1.92. The summed E-state index contributed by atoms with van der Waals surface area (Å²) in [5, 5.41) is 3.53. The molecule has 2 rings (SSSR count). The van der Waals surface area contributed by atoms with Crippen LogP contribution >= 0.6 is 15.9 Å². The molecule has 4 heteroatoms. The maximum absolute atomic E-state index is 5.44. The Bertz CT molecular complexity index is 349. The number of hydrogen-bond donors (Lipinski definition) is 1. The highest BCUT2D eigenvalue weighted by atomic mass is 79.9. The zero-order valence-electron chi connectivity index (χ0n) is 9.50. The Morgan fingerprint density at radius 2 is 2.31 bits per heavy atom. The van der Waals surface area contributed by atoms with Crippen molar-refractivity contribution in [2.75, 3.05) is 18.5 Å². The van der Waals surface area contributed by atoms with Crippen LogP contribution in [0.1, 0.15) is 24.8 Å². The molecule has 2 heterocycles. The number of halogens is 1. The molecule has 1 aromatic rings. The van der Waals surface area contributed by atoms with E-state index in [-0.39, 0.29) is 0 Å². The molecule has 0 saturated carbocycles. The molecule has 0 radical (unpaired) electrons. The average Bonchev–Trinajstić information content (AvgIpc) is 2.52.